The molecule has 10 nitrogen and oxygen atoms in total. The molecular weight excluding hydrogens is 508 g/mol. The molecule has 4 heterocycles. The van der Waals surface area contributed by atoms with Crippen LogP contribution in [0.2, 0.25) is 0 Å². The van der Waals surface area contributed by atoms with Gasteiger partial charge in [-0.3, -0.25) is 14.5 Å². The molecule has 1 aliphatic rings. The molecule has 1 aromatic carbocycles. The van der Waals surface area contributed by atoms with Crippen molar-refractivity contribution in [3.05, 3.63) is 59.5 Å². The van der Waals surface area contributed by atoms with Crippen molar-refractivity contribution in [1.82, 2.24) is 34.7 Å². The molecule has 0 spiro atoms. The first-order valence-corrected chi connectivity index (χ1v) is 11.5. The highest BCUT2D eigenvalue weighted by Crippen LogP contribution is 2.30. The van der Waals surface area contributed by atoms with Crippen molar-refractivity contribution < 1.29 is 27.2 Å². The van der Waals surface area contributed by atoms with E-state index < -0.39 is 29.8 Å². The van der Waals surface area contributed by atoms with Crippen LogP contribution < -0.4 is 5.73 Å². The first-order valence-electron chi connectivity index (χ1n) is 11.5. The SMILES string of the molecule is CN(C(=O)N1CC(F)C1)N(Cc1ccc(C(F)(F)F)cn1)C(=O)c1ccc2nc(N)c3cnn(C)c3c2c1. The maximum absolute atomic E-state index is 13.7. The highest BCUT2D eigenvalue weighted by molar-refractivity contribution is 6.10. The first kappa shape index (κ1) is 25.2. The Hall–Kier alpha value is -4.49. The Labute approximate surface area is 213 Å². The van der Waals surface area contributed by atoms with Crippen molar-refractivity contribution in [3.8, 4) is 0 Å². The number of fused-ring (bicyclic) bond motifs is 3. The molecule has 0 unspecified atom stereocenters. The molecule has 5 rings (SSSR count). The highest BCUT2D eigenvalue weighted by atomic mass is 19.4. The smallest absolute Gasteiger partial charge is 0.383 e. The van der Waals surface area contributed by atoms with E-state index in [9.17, 15) is 27.2 Å². The fraction of sp³-hybridized carbons (Fsp3) is 0.292. The minimum Gasteiger partial charge on any atom is -0.383 e. The van der Waals surface area contributed by atoms with Crippen LogP contribution in [-0.2, 0) is 19.8 Å². The minimum atomic E-state index is -4.58. The number of pyridine rings is 2. The second-order valence-corrected chi connectivity index (χ2v) is 8.97. The Kier molecular flexibility index (Phi) is 6.04. The number of amides is 3. The maximum Gasteiger partial charge on any atom is 0.417 e. The Balaban J connectivity index is 1.53. The number of hydrogen-bond acceptors (Lipinski definition) is 6. The van der Waals surface area contributed by atoms with Gasteiger partial charge in [0.05, 0.1) is 53.5 Å². The molecule has 1 aliphatic heterocycles. The van der Waals surface area contributed by atoms with Crippen LogP contribution in [0.1, 0.15) is 21.6 Å². The van der Waals surface area contributed by atoms with Gasteiger partial charge < -0.3 is 10.6 Å². The van der Waals surface area contributed by atoms with Gasteiger partial charge in [0, 0.05) is 31.2 Å². The number of halogens is 4. The second-order valence-electron chi connectivity index (χ2n) is 8.97. The lowest BCUT2D eigenvalue weighted by Gasteiger charge is -2.40. The summed E-state index contributed by atoms with van der Waals surface area (Å²) in [4.78, 5) is 36.1. The number of benzene rings is 1. The van der Waals surface area contributed by atoms with Crippen molar-refractivity contribution >= 4 is 39.6 Å². The van der Waals surface area contributed by atoms with Crippen molar-refractivity contribution in [2.45, 2.75) is 18.9 Å². The Morgan fingerprint density at radius 1 is 1.13 bits per heavy atom. The highest BCUT2D eigenvalue weighted by Gasteiger charge is 2.36. The number of likely N-dealkylation sites (tertiary alicyclic amines) is 1. The van der Waals surface area contributed by atoms with Gasteiger partial charge in [-0.1, -0.05) is 0 Å². The lowest BCUT2D eigenvalue weighted by molar-refractivity contribution is -0.137. The monoisotopic (exact) mass is 530 g/mol. The summed E-state index contributed by atoms with van der Waals surface area (Å²) >= 11 is 0. The van der Waals surface area contributed by atoms with E-state index in [2.05, 4.69) is 15.1 Å². The summed E-state index contributed by atoms with van der Waals surface area (Å²) in [5.74, 6) is -0.352. The number of hydrazine groups is 1. The minimum absolute atomic E-state index is 0.113. The number of nitrogens with zero attached hydrogens (tertiary/aromatic N) is 7. The largest absolute Gasteiger partial charge is 0.417 e. The molecule has 14 heteroatoms. The summed E-state index contributed by atoms with van der Waals surface area (Å²) in [6.45, 7) is -0.554. The number of nitrogens with two attached hydrogens (primary N) is 1. The predicted molar refractivity (Wildman–Crippen MR) is 129 cm³/mol. The van der Waals surface area contributed by atoms with Crippen molar-refractivity contribution in [2.75, 3.05) is 25.9 Å². The van der Waals surface area contributed by atoms with Gasteiger partial charge in [0.2, 0.25) is 0 Å². The van der Waals surface area contributed by atoms with Gasteiger partial charge in [0.1, 0.15) is 12.0 Å². The van der Waals surface area contributed by atoms with E-state index in [1.54, 1.807) is 30.1 Å². The number of carbonyl (C=O) groups is 2. The summed E-state index contributed by atoms with van der Waals surface area (Å²) < 4.78 is 54.0. The summed E-state index contributed by atoms with van der Waals surface area (Å²) in [7, 11) is 3.05. The summed E-state index contributed by atoms with van der Waals surface area (Å²) in [5, 5.41) is 7.46. The van der Waals surface area contributed by atoms with E-state index in [1.165, 1.54) is 18.0 Å². The topological polar surface area (TPSA) is 113 Å². The zero-order valence-electron chi connectivity index (χ0n) is 20.3. The predicted octanol–water partition coefficient (Wildman–Crippen LogP) is 3.38. The third-order valence-electron chi connectivity index (χ3n) is 6.40. The number of rotatable bonds is 3. The first-order chi connectivity index (χ1) is 17.9. The zero-order chi connectivity index (χ0) is 27.4. The number of anilines is 1. The molecule has 38 heavy (non-hydrogen) atoms. The number of alkyl halides is 4. The van der Waals surface area contributed by atoms with Gasteiger partial charge in [-0.05, 0) is 30.3 Å². The van der Waals surface area contributed by atoms with Crippen LogP contribution in [0.15, 0.2) is 42.7 Å². The number of carbonyl (C=O) groups excluding carboxylic acids is 2. The van der Waals surface area contributed by atoms with E-state index in [1.807, 2.05) is 0 Å². The van der Waals surface area contributed by atoms with E-state index in [4.69, 9.17) is 5.73 Å². The molecule has 4 aromatic rings. The van der Waals surface area contributed by atoms with Crippen LogP contribution in [-0.4, -0.2) is 72.9 Å². The summed E-state index contributed by atoms with van der Waals surface area (Å²) in [6.07, 6.45) is -3.51. The molecule has 0 bridgehead atoms. The quantitative estimate of drug-likeness (QED) is 0.321. The van der Waals surface area contributed by atoms with Crippen molar-refractivity contribution in [1.29, 1.82) is 0 Å². The van der Waals surface area contributed by atoms with Crippen LogP contribution >= 0.6 is 0 Å². The number of aromatic nitrogens is 4. The van der Waals surface area contributed by atoms with Crippen LogP contribution in [0.5, 0.6) is 0 Å². The van der Waals surface area contributed by atoms with Gasteiger partial charge in [0.15, 0.2) is 0 Å². The van der Waals surface area contributed by atoms with Gasteiger partial charge in [-0.2, -0.15) is 18.3 Å². The Morgan fingerprint density at radius 2 is 1.87 bits per heavy atom. The number of urea groups is 1. The van der Waals surface area contributed by atoms with Gasteiger partial charge in [0.25, 0.3) is 5.91 Å². The lowest BCUT2D eigenvalue weighted by Crippen LogP contribution is -2.59. The molecule has 1 fully saturated rings. The fourth-order valence-corrected chi connectivity index (χ4v) is 4.28. The molecule has 0 atom stereocenters. The van der Waals surface area contributed by atoms with Crippen LogP contribution in [0, 0.1) is 0 Å². The molecule has 2 N–H and O–H groups in total. The van der Waals surface area contributed by atoms with Crippen LogP contribution in [0.25, 0.3) is 21.8 Å². The lowest BCUT2D eigenvalue weighted by atomic mass is 10.1. The van der Waals surface area contributed by atoms with E-state index >= 15 is 0 Å². The second kappa shape index (κ2) is 9.11. The van der Waals surface area contributed by atoms with E-state index in [0.717, 1.165) is 22.2 Å². The molecule has 3 aromatic heterocycles. The van der Waals surface area contributed by atoms with Gasteiger partial charge in [-0.15, -0.1) is 0 Å². The molecular formula is C24H22F4N8O2. The third kappa shape index (κ3) is 4.41. The Bertz CT molecular complexity index is 1550. The number of nitrogen functional groups attached to an aromatic ring is 1. The molecule has 0 radical (unpaired) electrons. The average molecular weight is 530 g/mol. The summed E-state index contributed by atoms with van der Waals surface area (Å²) in [5.41, 5.74) is 6.55. The van der Waals surface area contributed by atoms with Gasteiger partial charge in [-0.25, -0.2) is 24.2 Å². The normalized spacial score (nSPS) is 14.1. The fourth-order valence-electron chi connectivity index (χ4n) is 4.28. The molecule has 0 aliphatic carbocycles. The zero-order valence-corrected chi connectivity index (χ0v) is 20.3. The van der Waals surface area contributed by atoms with Crippen LogP contribution in [0.4, 0.5) is 28.2 Å². The molecule has 3 amide bonds. The van der Waals surface area contributed by atoms with E-state index in [0.29, 0.717) is 28.0 Å². The number of hydrogen-bond donors (Lipinski definition) is 1. The Morgan fingerprint density at radius 3 is 2.50 bits per heavy atom. The molecule has 0 saturated carbocycles. The molecule has 198 valence electrons. The van der Waals surface area contributed by atoms with Gasteiger partial charge >= 0.3 is 12.2 Å². The molecule has 1 saturated heterocycles. The van der Waals surface area contributed by atoms with Crippen molar-refractivity contribution in [2.24, 2.45) is 7.05 Å². The van der Waals surface area contributed by atoms with Crippen LogP contribution in [0.3, 0.4) is 0 Å². The van der Waals surface area contributed by atoms with E-state index in [-0.39, 0.29) is 36.7 Å². The third-order valence-corrected chi connectivity index (χ3v) is 6.40. The van der Waals surface area contributed by atoms with Crippen molar-refractivity contribution in [3.63, 3.8) is 0 Å². The average Bonchev–Trinajstić information content (AvgIpc) is 3.26. The number of aryl methyl sites for hydroxylation is 1. The standard InChI is InChI=1S/C24H22F4N8O2/c1-33-20-17-7-13(3-6-19(17)32-21(29)18(20)9-31-33)22(37)36(34(2)23(38)35-10-15(25)11-35)12-16-5-4-14(8-30-16)24(26,27)28/h3-9,15H,10-12H2,1-2H3,(H2,29,32). The summed E-state index contributed by atoms with van der Waals surface area (Å²) in [6, 6.07) is 6.04. The maximum atomic E-state index is 13.7.